The Morgan fingerprint density at radius 3 is 2.84 bits per heavy atom. The lowest BCUT2D eigenvalue weighted by Gasteiger charge is -2.25. The van der Waals surface area contributed by atoms with Crippen LogP contribution in [0.5, 0.6) is 0 Å². The minimum atomic E-state index is -1.21. The third-order valence-electron chi connectivity index (χ3n) is 3.01. The topological polar surface area (TPSA) is 75.4 Å². The van der Waals surface area contributed by atoms with Gasteiger partial charge in [-0.1, -0.05) is 6.07 Å². The summed E-state index contributed by atoms with van der Waals surface area (Å²) in [6, 6.07) is 3.34. The van der Waals surface area contributed by atoms with Gasteiger partial charge in [-0.15, -0.1) is 0 Å². The molecule has 3 N–H and O–H groups in total. The predicted octanol–water partition coefficient (Wildman–Crippen LogP) is 0.698. The number of rotatable bonds is 2. The van der Waals surface area contributed by atoms with E-state index >= 15 is 0 Å². The average Bonchev–Trinajstić information content (AvgIpc) is 2.41. The molecule has 102 valence electrons. The van der Waals surface area contributed by atoms with Gasteiger partial charge >= 0.3 is 0 Å². The summed E-state index contributed by atoms with van der Waals surface area (Å²) in [4.78, 5) is 23.6. The Morgan fingerprint density at radius 1 is 1.42 bits per heavy atom. The lowest BCUT2D eigenvalue weighted by molar-refractivity contribution is -0.135. The third-order valence-corrected chi connectivity index (χ3v) is 3.01. The number of nitrogens with zero attached hydrogens (tertiary/aromatic N) is 1. The molecule has 5 nitrogen and oxygen atoms in total. The number of hydrazine groups is 1. The van der Waals surface area contributed by atoms with Crippen LogP contribution in [0.4, 0.5) is 14.5 Å². The zero-order valence-corrected chi connectivity index (χ0v) is 10.0. The molecule has 19 heavy (non-hydrogen) atoms. The molecule has 1 aliphatic heterocycles. The molecule has 0 aliphatic carbocycles. The number of benzene rings is 1. The molecule has 7 heteroatoms. The van der Waals surface area contributed by atoms with Crippen LogP contribution in [0.2, 0.25) is 0 Å². The van der Waals surface area contributed by atoms with E-state index in [1.54, 1.807) is 0 Å². The van der Waals surface area contributed by atoms with Gasteiger partial charge in [0.05, 0.1) is 5.69 Å². The highest BCUT2D eigenvalue weighted by atomic mass is 19.2. The number of amides is 2. The Balaban J connectivity index is 2.23. The fourth-order valence-corrected chi connectivity index (χ4v) is 1.97. The van der Waals surface area contributed by atoms with Crippen molar-refractivity contribution in [3.63, 3.8) is 0 Å². The van der Waals surface area contributed by atoms with Gasteiger partial charge in [-0.2, -0.15) is 0 Å². The van der Waals surface area contributed by atoms with Crippen molar-refractivity contribution in [1.29, 1.82) is 0 Å². The smallest absolute Gasteiger partial charge is 0.253 e. The molecular weight excluding hydrogens is 256 g/mol. The molecule has 1 saturated heterocycles. The number of halogens is 2. The number of piperidine rings is 1. The molecule has 2 rings (SSSR count). The first-order valence-electron chi connectivity index (χ1n) is 5.82. The minimum Gasteiger partial charge on any atom is -0.355 e. The maximum atomic E-state index is 13.5. The number of carbonyl (C=O) groups excluding carboxylic acids is 2. The van der Waals surface area contributed by atoms with Gasteiger partial charge in [0.15, 0.2) is 11.6 Å². The molecule has 0 bridgehead atoms. The molecule has 2 amide bonds. The zero-order valence-electron chi connectivity index (χ0n) is 10.0. The highest BCUT2D eigenvalue weighted by molar-refractivity contribution is 6.07. The van der Waals surface area contributed by atoms with Gasteiger partial charge in [0.2, 0.25) is 5.91 Å². The van der Waals surface area contributed by atoms with E-state index in [1.807, 2.05) is 0 Å². The Labute approximate surface area is 108 Å². The van der Waals surface area contributed by atoms with Gasteiger partial charge in [0, 0.05) is 6.54 Å². The zero-order chi connectivity index (χ0) is 14.0. The Kier molecular flexibility index (Phi) is 3.75. The van der Waals surface area contributed by atoms with E-state index in [4.69, 9.17) is 5.84 Å². The number of nitrogens with two attached hydrogens (primary N) is 1. The standard InChI is InChI=1S/C12H13F2N3O2/c13-8-4-1-5-9(10(8)14)17(15)12(19)7-3-2-6-16-11(7)18/h1,4-5,7H,2-3,6,15H2,(H,16,18)/t7-/m1/s1. The van der Waals surface area contributed by atoms with Crippen LogP contribution in [-0.4, -0.2) is 18.4 Å². The summed E-state index contributed by atoms with van der Waals surface area (Å²) < 4.78 is 26.6. The van der Waals surface area contributed by atoms with E-state index in [-0.39, 0.29) is 5.69 Å². The first-order chi connectivity index (χ1) is 9.02. The van der Waals surface area contributed by atoms with Crippen molar-refractivity contribution < 1.29 is 18.4 Å². The van der Waals surface area contributed by atoms with Gasteiger partial charge in [0.1, 0.15) is 5.92 Å². The van der Waals surface area contributed by atoms with Gasteiger partial charge in [-0.05, 0) is 25.0 Å². The molecule has 1 heterocycles. The number of anilines is 1. The van der Waals surface area contributed by atoms with Crippen LogP contribution in [0.25, 0.3) is 0 Å². The fourth-order valence-electron chi connectivity index (χ4n) is 1.97. The highest BCUT2D eigenvalue weighted by Crippen LogP contribution is 2.22. The van der Waals surface area contributed by atoms with E-state index in [1.165, 1.54) is 12.1 Å². The Morgan fingerprint density at radius 2 is 2.16 bits per heavy atom. The van der Waals surface area contributed by atoms with Crippen LogP contribution in [0.1, 0.15) is 12.8 Å². The molecule has 1 fully saturated rings. The predicted molar refractivity (Wildman–Crippen MR) is 63.8 cm³/mol. The summed E-state index contributed by atoms with van der Waals surface area (Å²) >= 11 is 0. The van der Waals surface area contributed by atoms with E-state index < -0.39 is 29.4 Å². The maximum absolute atomic E-state index is 13.5. The van der Waals surface area contributed by atoms with Gasteiger partial charge in [-0.25, -0.2) is 19.6 Å². The molecule has 0 radical (unpaired) electrons. The monoisotopic (exact) mass is 269 g/mol. The molecule has 0 aromatic heterocycles. The van der Waals surface area contributed by atoms with E-state index in [0.717, 1.165) is 6.07 Å². The number of nitrogens with one attached hydrogen (secondary N) is 1. The van der Waals surface area contributed by atoms with Crippen LogP contribution < -0.4 is 16.2 Å². The number of carbonyl (C=O) groups is 2. The van der Waals surface area contributed by atoms with Crippen molar-refractivity contribution in [2.75, 3.05) is 11.6 Å². The first kappa shape index (κ1) is 13.4. The lowest BCUT2D eigenvalue weighted by atomic mass is 9.97. The summed E-state index contributed by atoms with van der Waals surface area (Å²) in [6.07, 6.45) is 0.983. The Bertz CT molecular complexity index is 522. The summed E-state index contributed by atoms with van der Waals surface area (Å²) in [5.41, 5.74) is -0.386. The summed E-state index contributed by atoms with van der Waals surface area (Å²) in [7, 11) is 0. The lowest BCUT2D eigenvalue weighted by Crippen LogP contribution is -2.49. The first-order valence-corrected chi connectivity index (χ1v) is 5.82. The molecule has 1 aromatic rings. The van der Waals surface area contributed by atoms with Crippen molar-refractivity contribution in [3.8, 4) is 0 Å². The molecule has 1 aromatic carbocycles. The van der Waals surface area contributed by atoms with Gasteiger partial charge < -0.3 is 5.32 Å². The summed E-state index contributed by atoms with van der Waals surface area (Å²) in [5.74, 6) is 1.04. The number of hydrogen-bond donors (Lipinski definition) is 2. The van der Waals surface area contributed by atoms with E-state index in [0.29, 0.717) is 24.4 Å². The normalized spacial score (nSPS) is 18.9. The summed E-state index contributed by atoms with van der Waals surface area (Å²) in [5, 5.41) is 3.03. The minimum absolute atomic E-state index is 0.343. The molecular formula is C12H13F2N3O2. The van der Waals surface area contributed by atoms with Crippen molar-refractivity contribution in [2.24, 2.45) is 11.8 Å². The molecule has 0 unspecified atom stereocenters. The molecule has 0 spiro atoms. The van der Waals surface area contributed by atoms with E-state index in [9.17, 15) is 18.4 Å². The second kappa shape index (κ2) is 5.31. The largest absolute Gasteiger partial charge is 0.355 e. The molecule has 1 atom stereocenters. The average molecular weight is 269 g/mol. The SMILES string of the molecule is NN(C(=O)[C@@H]1CCCNC1=O)c1cccc(F)c1F. The second-order valence-electron chi connectivity index (χ2n) is 4.27. The molecule has 0 saturated carbocycles. The number of hydrogen-bond acceptors (Lipinski definition) is 3. The van der Waals surface area contributed by atoms with Crippen LogP contribution >= 0.6 is 0 Å². The fraction of sp³-hybridized carbons (Fsp3) is 0.333. The summed E-state index contributed by atoms with van der Waals surface area (Å²) in [6.45, 7) is 0.501. The quantitative estimate of drug-likeness (QED) is 0.359. The van der Waals surface area contributed by atoms with Gasteiger partial charge in [-0.3, -0.25) is 9.59 Å². The Hall–Kier alpha value is -2.02. The molecule has 1 aliphatic rings. The van der Waals surface area contributed by atoms with Crippen molar-refractivity contribution >= 4 is 17.5 Å². The maximum Gasteiger partial charge on any atom is 0.253 e. The second-order valence-corrected chi connectivity index (χ2v) is 4.27. The van der Waals surface area contributed by atoms with E-state index in [2.05, 4.69) is 5.32 Å². The van der Waals surface area contributed by atoms with Crippen molar-refractivity contribution in [1.82, 2.24) is 5.32 Å². The van der Waals surface area contributed by atoms with Crippen LogP contribution in [0.3, 0.4) is 0 Å². The van der Waals surface area contributed by atoms with Gasteiger partial charge in [0.25, 0.3) is 5.91 Å². The van der Waals surface area contributed by atoms with Crippen LogP contribution in [-0.2, 0) is 9.59 Å². The van der Waals surface area contributed by atoms with Crippen molar-refractivity contribution in [2.45, 2.75) is 12.8 Å². The highest BCUT2D eigenvalue weighted by Gasteiger charge is 2.33. The van der Waals surface area contributed by atoms with Crippen LogP contribution in [0, 0.1) is 17.6 Å². The third kappa shape index (κ3) is 2.55. The van der Waals surface area contributed by atoms with Crippen LogP contribution in [0.15, 0.2) is 18.2 Å². The van der Waals surface area contributed by atoms with Crippen molar-refractivity contribution in [3.05, 3.63) is 29.8 Å².